The predicted octanol–water partition coefficient (Wildman–Crippen LogP) is 4.95. The van der Waals surface area contributed by atoms with E-state index in [0.717, 1.165) is 29.0 Å². The van der Waals surface area contributed by atoms with Gasteiger partial charge in [-0.25, -0.2) is 0 Å². The number of imide groups is 1. The number of amides is 2. The van der Waals surface area contributed by atoms with Gasteiger partial charge in [0.1, 0.15) is 12.4 Å². The van der Waals surface area contributed by atoms with Crippen molar-refractivity contribution in [3.8, 4) is 5.75 Å². The van der Waals surface area contributed by atoms with Crippen molar-refractivity contribution in [3.63, 3.8) is 0 Å². The Bertz CT molecular complexity index is 1270. The molecule has 1 saturated carbocycles. The van der Waals surface area contributed by atoms with Gasteiger partial charge in [0, 0.05) is 0 Å². The molecule has 2 fully saturated rings. The molecule has 0 spiro atoms. The number of allylic oxidation sites excluding steroid dienone is 2. The molecule has 3 aromatic carbocycles. The van der Waals surface area contributed by atoms with Gasteiger partial charge >= 0.3 is 0 Å². The third-order valence-electron chi connectivity index (χ3n) is 7.19. The summed E-state index contributed by atoms with van der Waals surface area (Å²) in [5.41, 5.74) is 1.90. The largest absolute Gasteiger partial charge is 0.489 e. The van der Waals surface area contributed by atoms with Gasteiger partial charge in [0.05, 0.1) is 18.1 Å². The van der Waals surface area contributed by atoms with E-state index in [4.69, 9.17) is 4.74 Å². The fourth-order valence-corrected chi connectivity index (χ4v) is 5.56. The lowest BCUT2D eigenvalue weighted by molar-refractivity contribution is -0.140. The van der Waals surface area contributed by atoms with E-state index in [1.54, 1.807) is 6.21 Å². The first-order valence-corrected chi connectivity index (χ1v) is 11.5. The minimum Gasteiger partial charge on any atom is -0.489 e. The molecule has 3 aromatic rings. The molecular formula is C28H24N2O3. The van der Waals surface area contributed by atoms with Crippen LogP contribution >= 0.6 is 0 Å². The summed E-state index contributed by atoms with van der Waals surface area (Å²) in [6.45, 7) is 0.449. The van der Waals surface area contributed by atoms with Crippen LogP contribution in [-0.2, 0) is 16.2 Å². The first kappa shape index (κ1) is 19.9. The molecule has 1 heterocycles. The maximum absolute atomic E-state index is 12.9. The van der Waals surface area contributed by atoms with Gasteiger partial charge in [-0.05, 0) is 58.7 Å². The monoisotopic (exact) mass is 436 g/mol. The van der Waals surface area contributed by atoms with Crippen molar-refractivity contribution in [2.24, 2.45) is 28.8 Å². The van der Waals surface area contributed by atoms with E-state index in [-0.39, 0.29) is 35.5 Å². The molecule has 5 nitrogen and oxygen atoms in total. The average Bonchev–Trinajstić information content (AvgIpc) is 3.14. The minimum atomic E-state index is -0.242. The van der Waals surface area contributed by atoms with Gasteiger partial charge in [0.25, 0.3) is 11.8 Å². The van der Waals surface area contributed by atoms with Crippen LogP contribution in [-0.4, -0.2) is 23.0 Å². The van der Waals surface area contributed by atoms with Gasteiger partial charge in [-0.15, -0.1) is 0 Å². The summed E-state index contributed by atoms with van der Waals surface area (Å²) in [7, 11) is 0. The number of benzene rings is 3. The third kappa shape index (κ3) is 3.44. The van der Waals surface area contributed by atoms with Crippen molar-refractivity contribution in [2.75, 3.05) is 0 Å². The number of carbonyl (C=O) groups is 2. The summed E-state index contributed by atoms with van der Waals surface area (Å²) in [6, 6.07) is 22.0. The molecule has 0 N–H and O–H groups in total. The zero-order valence-corrected chi connectivity index (χ0v) is 18.1. The van der Waals surface area contributed by atoms with Gasteiger partial charge in [-0.3, -0.25) is 9.59 Å². The predicted molar refractivity (Wildman–Crippen MR) is 127 cm³/mol. The van der Waals surface area contributed by atoms with E-state index in [1.807, 2.05) is 42.5 Å². The molecule has 1 saturated heterocycles. The summed E-state index contributed by atoms with van der Waals surface area (Å²) in [6.07, 6.45) is 7.77. The van der Waals surface area contributed by atoms with Crippen LogP contribution in [0.15, 0.2) is 84.0 Å². The van der Waals surface area contributed by atoms with E-state index in [9.17, 15) is 9.59 Å². The first-order chi connectivity index (χ1) is 16.2. The molecule has 3 aliphatic carbocycles. The van der Waals surface area contributed by atoms with E-state index in [1.165, 1.54) is 10.8 Å². The number of carbonyl (C=O) groups excluding carboxylic acids is 2. The van der Waals surface area contributed by atoms with Crippen LogP contribution < -0.4 is 4.74 Å². The van der Waals surface area contributed by atoms with Crippen molar-refractivity contribution < 1.29 is 14.3 Å². The maximum atomic E-state index is 12.9. The molecule has 164 valence electrons. The fraction of sp³-hybridized carbons (Fsp3) is 0.250. The molecule has 4 aliphatic rings. The lowest BCUT2D eigenvalue weighted by Gasteiger charge is -2.37. The number of rotatable bonds is 5. The Morgan fingerprint density at radius 1 is 0.879 bits per heavy atom. The second kappa shape index (κ2) is 8.00. The molecular weight excluding hydrogens is 412 g/mol. The highest BCUT2D eigenvalue weighted by Gasteiger charge is 2.56. The van der Waals surface area contributed by atoms with Crippen LogP contribution in [0, 0.1) is 23.7 Å². The Morgan fingerprint density at radius 3 is 2.33 bits per heavy atom. The number of ether oxygens (including phenoxy) is 1. The quantitative estimate of drug-likeness (QED) is 0.323. The van der Waals surface area contributed by atoms with Crippen LogP contribution in [0.25, 0.3) is 10.8 Å². The molecule has 0 unspecified atom stereocenters. The summed E-state index contributed by atoms with van der Waals surface area (Å²) in [5, 5.41) is 7.76. The van der Waals surface area contributed by atoms with Crippen LogP contribution in [0.5, 0.6) is 5.75 Å². The molecule has 2 amide bonds. The van der Waals surface area contributed by atoms with E-state index in [2.05, 4.69) is 41.5 Å². The number of hydrogen-bond donors (Lipinski definition) is 0. The van der Waals surface area contributed by atoms with Crippen molar-refractivity contribution in [1.82, 2.24) is 5.01 Å². The van der Waals surface area contributed by atoms with E-state index < -0.39 is 0 Å². The van der Waals surface area contributed by atoms with E-state index >= 15 is 0 Å². The minimum absolute atomic E-state index is 0.163. The lowest BCUT2D eigenvalue weighted by atomic mass is 9.63. The van der Waals surface area contributed by atoms with Crippen molar-refractivity contribution >= 4 is 28.8 Å². The molecule has 0 aromatic heterocycles. The maximum Gasteiger partial charge on any atom is 0.254 e. The van der Waals surface area contributed by atoms with Gasteiger partial charge < -0.3 is 4.74 Å². The Balaban J connectivity index is 1.17. The summed E-state index contributed by atoms with van der Waals surface area (Å²) >= 11 is 0. The second-order valence-electron chi connectivity index (χ2n) is 9.07. The molecule has 4 atom stereocenters. The smallest absolute Gasteiger partial charge is 0.254 e. The highest BCUT2D eigenvalue weighted by Crippen LogP contribution is 2.49. The number of nitrogens with zero attached hydrogens (tertiary/aromatic N) is 2. The fourth-order valence-electron chi connectivity index (χ4n) is 5.56. The van der Waals surface area contributed by atoms with E-state index in [0.29, 0.717) is 12.4 Å². The second-order valence-corrected chi connectivity index (χ2v) is 9.07. The molecule has 5 heteroatoms. The normalized spacial score (nSPS) is 25.9. The van der Waals surface area contributed by atoms with Crippen molar-refractivity contribution in [2.45, 2.75) is 19.4 Å². The van der Waals surface area contributed by atoms with Gasteiger partial charge in [0.15, 0.2) is 0 Å². The zero-order chi connectivity index (χ0) is 22.4. The number of hydrogen-bond acceptors (Lipinski definition) is 4. The van der Waals surface area contributed by atoms with Gasteiger partial charge in [0.2, 0.25) is 0 Å². The average molecular weight is 437 g/mol. The van der Waals surface area contributed by atoms with Crippen LogP contribution in [0.4, 0.5) is 0 Å². The molecule has 33 heavy (non-hydrogen) atoms. The number of fused-ring (bicyclic) bond motifs is 2. The van der Waals surface area contributed by atoms with Gasteiger partial charge in [-0.1, -0.05) is 66.7 Å². The SMILES string of the molecule is O=C1[C@@H]2[C@H](C(=O)N1/N=C\c1cccc(OCc3cccc4ccccc34)c1)[C@H]1C=C[C@H]2CC1. The molecule has 2 bridgehead atoms. The summed E-state index contributed by atoms with van der Waals surface area (Å²) < 4.78 is 6.05. The highest BCUT2D eigenvalue weighted by molar-refractivity contribution is 6.06. The Kier molecular flexibility index (Phi) is 4.83. The molecule has 0 radical (unpaired) electrons. The first-order valence-electron chi connectivity index (χ1n) is 11.5. The van der Waals surface area contributed by atoms with Crippen LogP contribution in [0.2, 0.25) is 0 Å². The van der Waals surface area contributed by atoms with Crippen molar-refractivity contribution in [1.29, 1.82) is 0 Å². The lowest BCUT2D eigenvalue weighted by Crippen LogP contribution is -2.38. The number of hydrazone groups is 1. The third-order valence-corrected chi connectivity index (χ3v) is 7.19. The summed E-state index contributed by atoms with van der Waals surface area (Å²) in [5.74, 6) is 0.238. The highest BCUT2D eigenvalue weighted by atomic mass is 16.5. The van der Waals surface area contributed by atoms with Crippen LogP contribution in [0.1, 0.15) is 24.0 Å². The zero-order valence-electron chi connectivity index (χ0n) is 18.1. The molecule has 7 rings (SSSR count). The summed E-state index contributed by atoms with van der Waals surface area (Å²) in [4.78, 5) is 25.9. The Hall–Kier alpha value is -3.73. The van der Waals surface area contributed by atoms with Crippen molar-refractivity contribution in [3.05, 3.63) is 90.0 Å². The van der Waals surface area contributed by atoms with Crippen LogP contribution in [0.3, 0.4) is 0 Å². The Labute approximate surface area is 192 Å². The van der Waals surface area contributed by atoms with Gasteiger partial charge in [-0.2, -0.15) is 10.1 Å². The molecule has 1 aliphatic heterocycles. The standard InChI is InChI=1S/C28H24N2O3/c31-27-25-20-11-12-21(14-13-20)26(25)28(32)30(27)29-16-18-5-3-9-23(15-18)33-17-22-8-4-7-19-6-1-2-10-24(19)22/h1-12,15-16,20-21,25-26H,13-14,17H2/b29-16-/t20-,21-,25-,26+/m0/s1. The Morgan fingerprint density at radius 2 is 1.58 bits per heavy atom. The topological polar surface area (TPSA) is 59.0 Å².